The van der Waals surface area contributed by atoms with Crippen molar-refractivity contribution >= 4 is 17.3 Å². The zero-order valence-corrected chi connectivity index (χ0v) is 15.6. The van der Waals surface area contributed by atoms with Gasteiger partial charge < -0.3 is 19.5 Å². The minimum Gasteiger partial charge on any atom is -0.497 e. The van der Waals surface area contributed by atoms with Crippen molar-refractivity contribution in [3.8, 4) is 17.2 Å². The Labute approximate surface area is 157 Å². The van der Waals surface area contributed by atoms with Gasteiger partial charge in [-0.1, -0.05) is 13.0 Å². The number of hydrogen-bond donors (Lipinski definition) is 1. The number of hydrogen-bond acceptors (Lipinski definition) is 6. The van der Waals surface area contributed by atoms with Crippen LogP contribution in [0.5, 0.6) is 17.2 Å². The number of nitro benzene ring substituents is 1. The van der Waals surface area contributed by atoms with Gasteiger partial charge in [0.15, 0.2) is 0 Å². The van der Waals surface area contributed by atoms with Crippen LogP contribution in [0.25, 0.3) is 0 Å². The van der Waals surface area contributed by atoms with Gasteiger partial charge in [-0.3, -0.25) is 14.9 Å². The van der Waals surface area contributed by atoms with E-state index in [1.54, 1.807) is 20.3 Å². The van der Waals surface area contributed by atoms with E-state index in [0.717, 1.165) is 5.56 Å². The van der Waals surface area contributed by atoms with Gasteiger partial charge in [-0.05, 0) is 23.6 Å². The minimum absolute atomic E-state index is 0.110. The molecule has 8 heteroatoms. The third-order valence-corrected chi connectivity index (χ3v) is 4.13. The number of rotatable bonds is 8. The summed E-state index contributed by atoms with van der Waals surface area (Å²) in [7, 11) is 4.52. The lowest BCUT2D eigenvalue weighted by molar-refractivity contribution is -0.384. The highest BCUT2D eigenvalue weighted by atomic mass is 16.6. The first-order chi connectivity index (χ1) is 12.9. The number of ether oxygens (including phenoxy) is 3. The van der Waals surface area contributed by atoms with Gasteiger partial charge in [0, 0.05) is 18.6 Å². The fourth-order valence-electron chi connectivity index (χ4n) is 2.71. The molecular formula is C19H22N2O6. The molecule has 0 spiro atoms. The van der Waals surface area contributed by atoms with Crippen molar-refractivity contribution in [2.75, 3.05) is 26.6 Å². The molecule has 0 fully saturated rings. The van der Waals surface area contributed by atoms with Gasteiger partial charge in [0.2, 0.25) is 5.91 Å². The maximum Gasteiger partial charge on any atom is 0.273 e. The second-order valence-corrected chi connectivity index (χ2v) is 5.90. The van der Waals surface area contributed by atoms with E-state index in [4.69, 9.17) is 14.2 Å². The SMILES string of the molecule is COc1ccc(C(C)CC(=O)Nc2ccc([N+](=O)[O-])cc2OC)c(OC)c1. The molecular weight excluding hydrogens is 352 g/mol. The molecule has 144 valence electrons. The van der Waals surface area contributed by atoms with E-state index in [-0.39, 0.29) is 29.7 Å². The number of nitro groups is 1. The zero-order valence-electron chi connectivity index (χ0n) is 15.6. The van der Waals surface area contributed by atoms with Crippen molar-refractivity contribution in [3.05, 3.63) is 52.1 Å². The van der Waals surface area contributed by atoms with Crippen molar-refractivity contribution in [1.29, 1.82) is 0 Å². The van der Waals surface area contributed by atoms with E-state index in [1.807, 2.05) is 19.1 Å². The van der Waals surface area contributed by atoms with Crippen LogP contribution in [0.3, 0.4) is 0 Å². The molecule has 1 atom stereocenters. The third-order valence-electron chi connectivity index (χ3n) is 4.13. The first-order valence-corrected chi connectivity index (χ1v) is 8.23. The minimum atomic E-state index is -0.522. The van der Waals surface area contributed by atoms with E-state index in [1.165, 1.54) is 25.3 Å². The molecule has 0 aliphatic rings. The summed E-state index contributed by atoms with van der Waals surface area (Å²) >= 11 is 0. The summed E-state index contributed by atoms with van der Waals surface area (Å²) in [5.74, 6) is 1.18. The van der Waals surface area contributed by atoms with Crippen LogP contribution in [0.2, 0.25) is 0 Å². The molecule has 0 saturated carbocycles. The van der Waals surface area contributed by atoms with Crippen LogP contribution >= 0.6 is 0 Å². The Balaban J connectivity index is 2.13. The largest absolute Gasteiger partial charge is 0.497 e. The lowest BCUT2D eigenvalue weighted by atomic mass is 9.96. The molecule has 0 aromatic heterocycles. The lowest BCUT2D eigenvalue weighted by Crippen LogP contribution is -2.15. The topological polar surface area (TPSA) is 99.9 Å². The first kappa shape index (κ1) is 20.0. The second kappa shape index (κ2) is 8.88. The molecule has 0 radical (unpaired) electrons. The Bertz CT molecular complexity index is 837. The number of amides is 1. The number of carbonyl (C=O) groups is 1. The molecule has 27 heavy (non-hydrogen) atoms. The molecule has 0 aliphatic carbocycles. The molecule has 0 heterocycles. The predicted octanol–water partition coefficient (Wildman–Crippen LogP) is 3.75. The number of nitrogens with zero attached hydrogens (tertiary/aromatic N) is 1. The fourth-order valence-corrected chi connectivity index (χ4v) is 2.71. The van der Waals surface area contributed by atoms with Gasteiger partial charge in [-0.25, -0.2) is 0 Å². The zero-order chi connectivity index (χ0) is 20.0. The van der Waals surface area contributed by atoms with E-state index < -0.39 is 4.92 Å². The first-order valence-electron chi connectivity index (χ1n) is 8.23. The van der Waals surface area contributed by atoms with Crippen molar-refractivity contribution in [2.24, 2.45) is 0 Å². The molecule has 1 amide bonds. The van der Waals surface area contributed by atoms with Crippen molar-refractivity contribution in [2.45, 2.75) is 19.3 Å². The highest BCUT2D eigenvalue weighted by Gasteiger charge is 2.18. The Morgan fingerprint density at radius 1 is 1.07 bits per heavy atom. The van der Waals surface area contributed by atoms with Gasteiger partial charge in [-0.15, -0.1) is 0 Å². The highest BCUT2D eigenvalue weighted by Crippen LogP contribution is 2.33. The molecule has 2 aromatic carbocycles. The maximum absolute atomic E-state index is 12.4. The molecule has 1 N–H and O–H groups in total. The van der Waals surface area contributed by atoms with Gasteiger partial charge in [-0.2, -0.15) is 0 Å². The van der Waals surface area contributed by atoms with Crippen LogP contribution in [0.4, 0.5) is 11.4 Å². The van der Waals surface area contributed by atoms with E-state index in [9.17, 15) is 14.9 Å². The number of anilines is 1. The van der Waals surface area contributed by atoms with E-state index in [2.05, 4.69) is 5.32 Å². The van der Waals surface area contributed by atoms with Crippen molar-refractivity contribution < 1.29 is 23.9 Å². The summed E-state index contributed by atoms with van der Waals surface area (Å²) in [4.78, 5) is 22.8. The van der Waals surface area contributed by atoms with Crippen molar-refractivity contribution in [1.82, 2.24) is 0 Å². The standard InChI is InChI=1S/C19H22N2O6/c1-12(15-7-6-14(25-2)11-17(15)26-3)9-19(22)20-16-8-5-13(21(23)24)10-18(16)27-4/h5-8,10-12H,9H2,1-4H3,(H,20,22). The quantitative estimate of drug-likeness (QED) is 0.558. The molecule has 2 rings (SSSR count). The monoisotopic (exact) mass is 374 g/mol. The fraction of sp³-hybridized carbons (Fsp3) is 0.316. The summed E-state index contributed by atoms with van der Waals surface area (Å²) in [6.07, 6.45) is 0.197. The van der Waals surface area contributed by atoms with E-state index in [0.29, 0.717) is 17.2 Å². The van der Waals surface area contributed by atoms with Crippen LogP contribution in [0.15, 0.2) is 36.4 Å². The molecule has 0 aliphatic heterocycles. The average molecular weight is 374 g/mol. The normalized spacial score (nSPS) is 11.4. The van der Waals surface area contributed by atoms with Crippen LogP contribution in [-0.4, -0.2) is 32.2 Å². The lowest BCUT2D eigenvalue weighted by Gasteiger charge is -2.17. The Morgan fingerprint density at radius 2 is 1.78 bits per heavy atom. The van der Waals surface area contributed by atoms with Gasteiger partial charge in [0.25, 0.3) is 5.69 Å². The summed E-state index contributed by atoms with van der Waals surface area (Å²) < 4.78 is 15.7. The molecule has 2 aromatic rings. The molecule has 0 saturated heterocycles. The smallest absolute Gasteiger partial charge is 0.273 e. The highest BCUT2D eigenvalue weighted by molar-refractivity contribution is 5.93. The molecule has 0 bridgehead atoms. The Hall–Kier alpha value is -3.29. The predicted molar refractivity (Wildman–Crippen MR) is 101 cm³/mol. The third kappa shape index (κ3) is 4.87. The summed E-state index contributed by atoms with van der Waals surface area (Å²) in [6, 6.07) is 9.48. The van der Waals surface area contributed by atoms with Crippen LogP contribution in [0.1, 0.15) is 24.8 Å². The summed E-state index contributed by atoms with van der Waals surface area (Å²) in [5.41, 5.74) is 1.15. The van der Waals surface area contributed by atoms with Crippen molar-refractivity contribution in [3.63, 3.8) is 0 Å². The second-order valence-electron chi connectivity index (χ2n) is 5.90. The van der Waals surface area contributed by atoms with Gasteiger partial charge >= 0.3 is 0 Å². The number of nitrogens with one attached hydrogen (secondary N) is 1. The van der Waals surface area contributed by atoms with Gasteiger partial charge in [0.05, 0.1) is 38.0 Å². The number of methoxy groups -OCH3 is 3. The average Bonchev–Trinajstić information content (AvgIpc) is 2.67. The molecule has 8 nitrogen and oxygen atoms in total. The van der Waals surface area contributed by atoms with Crippen LogP contribution in [0, 0.1) is 10.1 Å². The van der Waals surface area contributed by atoms with Crippen LogP contribution < -0.4 is 19.5 Å². The number of non-ortho nitro benzene ring substituents is 1. The molecule has 1 unspecified atom stereocenters. The summed E-state index contributed by atoms with van der Waals surface area (Å²) in [6.45, 7) is 1.91. The number of benzene rings is 2. The van der Waals surface area contributed by atoms with Crippen LogP contribution in [-0.2, 0) is 4.79 Å². The number of carbonyl (C=O) groups excluding carboxylic acids is 1. The summed E-state index contributed by atoms with van der Waals surface area (Å²) in [5, 5.41) is 13.6. The van der Waals surface area contributed by atoms with Gasteiger partial charge in [0.1, 0.15) is 17.2 Å². The Morgan fingerprint density at radius 3 is 2.37 bits per heavy atom. The Kier molecular flexibility index (Phi) is 6.59. The maximum atomic E-state index is 12.4. The van der Waals surface area contributed by atoms with E-state index >= 15 is 0 Å².